The van der Waals surface area contributed by atoms with E-state index in [0.29, 0.717) is 11.6 Å². The Labute approximate surface area is 329 Å². The summed E-state index contributed by atoms with van der Waals surface area (Å²) < 4.78 is 4.76. The molecule has 56 heavy (non-hydrogen) atoms. The van der Waals surface area contributed by atoms with E-state index < -0.39 is 0 Å². The summed E-state index contributed by atoms with van der Waals surface area (Å²) in [5.74, 6) is 2.05. The molecule has 0 fully saturated rings. The van der Waals surface area contributed by atoms with Gasteiger partial charge in [0, 0.05) is 38.1 Å². The van der Waals surface area contributed by atoms with Crippen molar-refractivity contribution in [3.63, 3.8) is 0 Å². The maximum atomic E-state index is 5.39. The summed E-state index contributed by atoms with van der Waals surface area (Å²) in [5, 5.41) is 4.93. The zero-order valence-corrected chi connectivity index (χ0v) is 33.9. The minimum Gasteiger partial charge on any atom is -0.309 e. The Hall–Kier alpha value is -6.07. The molecule has 0 aliphatic carbocycles. The fraction of sp³-hybridized carbons (Fsp3) is 0.235. The van der Waals surface area contributed by atoms with Crippen molar-refractivity contribution in [1.29, 1.82) is 0 Å². The standard InChI is InChI=1S/C51H49N5/c1-49(2,3)32-26-28-44-38(30-32)39-31-33(50(4,5)6)27-29-45(39)56(44)43-25-17-13-21-37(43)47-52-46(53-48(54-47)51(7,8)9)36-20-12-16-24-42(36)55-40-22-14-10-18-34(40)35-19-11-15-23-41(35)55/h10-31H,1-9H3. The van der Waals surface area contributed by atoms with Crippen LogP contribution in [0.5, 0.6) is 0 Å². The Morgan fingerprint density at radius 3 is 1.14 bits per heavy atom. The fourth-order valence-electron chi connectivity index (χ4n) is 8.07. The van der Waals surface area contributed by atoms with Crippen LogP contribution < -0.4 is 0 Å². The largest absolute Gasteiger partial charge is 0.309 e. The smallest absolute Gasteiger partial charge is 0.165 e. The predicted octanol–water partition coefficient (Wildman–Crippen LogP) is 13.3. The maximum Gasteiger partial charge on any atom is 0.165 e. The van der Waals surface area contributed by atoms with Crippen molar-refractivity contribution in [2.24, 2.45) is 0 Å². The van der Waals surface area contributed by atoms with Crippen LogP contribution in [-0.4, -0.2) is 24.1 Å². The summed E-state index contributed by atoms with van der Waals surface area (Å²) in [6.07, 6.45) is 0. The number of fused-ring (bicyclic) bond motifs is 6. The van der Waals surface area contributed by atoms with E-state index in [9.17, 15) is 0 Å². The molecular formula is C51H49N5. The lowest BCUT2D eigenvalue weighted by molar-refractivity contribution is 0.543. The second-order valence-corrected chi connectivity index (χ2v) is 18.3. The number of hydrogen-bond acceptors (Lipinski definition) is 3. The first-order valence-corrected chi connectivity index (χ1v) is 19.7. The first-order chi connectivity index (χ1) is 26.7. The molecule has 0 aliphatic rings. The van der Waals surface area contributed by atoms with Crippen molar-refractivity contribution in [3.05, 3.63) is 150 Å². The minimum absolute atomic E-state index is 0.0162. The number of nitrogens with zero attached hydrogens (tertiary/aromatic N) is 5. The van der Waals surface area contributed by atoms with Gasteiger partial charge in [-0.25, -0.2) is 15.0 Å². The van der Waals surface area contributed by atoms with E-state index in [2.05, 4.69) is 205 Å². The average molecular weight is 732 g/mol. The number of benzene rings is 6. The first-order valence-electron chi connectivity index (χ1n) is 19.7. The van der Waals surface area contributed by atoms with E-state index in [1.54, 1.807) is 0 Å². The van der Waals surface area contributed by atoms with E-state index in [-0.39, 0.29) is 16.2 Å². The molecule has 0 radical (unpaired) electrons. The van der Waals surface area contributed by atoms with E-state index in [0.717, 1.165) is 50.4 Å². The average Bonchev–Trinajstić information content (AvgIpc) is 3.69. The minimum atomic E-state index is -0.331. The molecule has 0 bridgehead atoms. The van der Waals surface area contributed by atoms with Gasteiger partial charge in [-0.15, -0.1) is 0 Å². The van der Waals surface area contributed by atoms with Crippen molar-refractivity contribution in [2.45, 2.75) is 78.6 Å². The summed E-state index contributed by atoms with van der Waals surface area (Å²) in [6, 6.07) is 48.3. The molecule has 9 rings (SSSR count). The Kier molecular flexibility index (Phi) is 8.10. The molecule has 3 aromatic heterocycles. The lowest BCUT2D eigenvalue weighted by Gasteiger charge is -2.21. The topological polar surface area (TPSA) is 48.5 Å². The van der Waals surface area contributed by atoms with Gasteiger partial charge in [-0.05, 0) is 82.6 Å². The third kappa shape index (κ3) is 5.89. The highest BCUT2D eigenvalue weighted by Gasteiger charge is 2.26. The highest BCUT2D eigenvalue weighted by atomic mass is 15.1. The van der Waals surface area contributed by atoms with Gasteiger partial charge in [-0.2, -0.15) is 0 Å². The summed E-state index contributed by atoms with van der Waals surface area (Å²) in [6.45, 7) is 20.2. The van der Waals surface area contributed by atoms with Crippen molar-refractivity contribution in [1.82, 2.24) is 24.1 Å². The second kappa shape index (κ2) is 12.7. The molecule has 0 amide bonds. The highest BCUT2D eigenvalue weighted by Crippen LogP contribution is 2.41. The first kappa shape index (κ1) is 35.6. The Morgan fingerprint density at radius 2 is 0.732 bits per heavy atom. The SMILES string of the molecule is CC(C)(C)c1ccc2c(c1)c1cc(C(C)(C)C)ccc1n2-c1ccccc1-c1nc(-c2ccccc2-n2c3ccccc3c3ccccc32)nc(C(C)(C)C)n1. The quantitative estimate of drug-likeness (QED) is 0.181. The molecule has 0 spiro atoms. The van der Waals surface area contributed by atoms with Crippen LogP contribution in [0.3, 0.4) is 0 Å². The zero-order valence-electron chi connectivity index (χ0n) is 33.9. The molecule has 0 saturated carbocycles. The van der Waals surface area contributed by atoms with Crippen molar-refractivity contribution in [2.75, 3.05) is 0 Å². The van der Waals surface area contributed by atoms with Crippen LogP contribution in [0.2, 0.25) is 0 Å². The molecule has 0 atom stereocenters. The molecule has 3 heterocycles. The fourth-order valence-corrected chi connectivity index (χ4v) is 8.07. The second-order valence-electron chi connectivity index (χ2n) is 18.3. The summed E-state index contributed by atoms with van der Waals surface area (Å²) in [5.41, 5.74) is 10.9. The summed E-state index contributed by atoms with van der Waals surface area (Å²) >= 11 is 0. The molecule has 0 unspecified atom stereocenters. The normalized spacial score (nSPS) is 12.7. The Bertz CT molecular complexity index is 2850. The third-order valence-corrected chi connectivity index (χ3v) is 11.2. The molecule has 0 saturated heterocycles. The molecule has 6 aromatic carbocycles. The predicted molar refractivity (Wildman–Crippen MR) is 235 cm³/mol. The van der Waals surface area contributed by atoms with Gasteiger partial charge < -0.3 is 9.13 Å². The van der Waals surface area contributed by atoms with Gasteiger partial charge in [0.25, 0.3) is 0 Å². The van der Waals surface area contributed by atoms with Gasteiger partial charge in [-0.1, -0.05) is 135 Å². The molecule has 5 nitrogen and oxygen atoms in total. The molecule has 0 aliphatic heterocycles. The number of aromatic nitrogens is 5. The van der Waals surface area contributed by atoms with Gasteiger partial charge in [-0.3, -0.25) is 0 Å². The van der Waals surface area contributed by atoms with Gasteiger partial charge in [0.2, 0.25) is 0 Å². The molecule has 9 aromatic rings. The van der Waals surface area contributed by atoms with Crippen LogP contribution in [0.4, 0.5) is 0 Å². The Morgan fingerprint density at radius 1 is 0.357 bits per heavy atom. The lowest BCUT2D eigenvalue weighted by atomic mass is 9.85. The van der Waals surface area contributed by atoms with Gasteiger partial charge in [0.15, 0.2) is 11.6 Å². The van der Waals surface area contributed by atoms with Gasteiger partial charge >= 0.3 is 0 Å². The van der Waals surface area contributed by atoms with E-state index in [1.807, 2.05) is 0 Å². The molecule has 5 heteroatoms. The monoisotopic (exact) mass is 731 g/mol. The van der Waals surface area contributed by atoms with Crippen LogP contribution in [0.25, 0.3) is 77.8 Å². The van der Waals surface area contributed by atoms with Crippen LogP contribution >= 0.6 is 0 Å². The Balaban J connectivity index is 1.31. The number of hydrogen-bond donors (Lipinski definition) is 0. The van der Waals surface area contributed by atoms with E-state index in [1.165, 1.54) is 32.7 Å². The van der Waals surface area contributed by atoms with Gasteiger partial charge in [0.05, 0.1) is 33.4 Å². The zero-order chi connectivity index (χ0) is 39.1. The van der Waals surface area contributed by atoms with Crippen molar-refractivity contribution >= 4 is 43.6 Å². The summed E-state index contributed by atoms with van der Waals surface area (Å²) in [7, 11) is 0. The van der Waals surface area contributed by atoms with Crippen LogP contribution in [-0.2, 0) is 16.2 Å². The van der Waals surface area contributed by atoms with Crippen LogP contribution in [0.1, 0.15) is 79.3 Å². The number of rotatable bonds is 4. The third-order valence-electron chi connectivity index (χ3n) is 11.2. The van der Waals surface area contributed by atoms with Crippen molar-refractivity contribution in [3.8, 4) is 34.2 Å². The van der Waals surface area contributed by atoms with E-state index >= 15 is 0 Å². The highest BCUT2D eigenvalue weighted by molar-refractivity contribution is 6.11. The van der Waals surface area contributed by atoms with E-state index in [4.69, 9.17) is 15.0 Å². The summed E-state index contributed by atoms with van der Waals surface area (Å²) in [4.78, 5) is 15.9. The van der Waals surface area contributed by atoms with Crippen LogP contribution in [0, 0.1) is 0 Å². The molecular weight excluding hydrogens is 683 g/mol. The van der Waals surface area contributed by atoms with Gasteiger partial charge in [0.1, 0.15) is 5.82 Å². The molecule has 278 valence electrons. The number of para-hydroxylation sites is 4. The lowest BCUT2D eigenvalue weighted by Crippen LogP contribution is -2.18. The maximum absolute atomic E-state index is 5.39. The molecule has 0 N–H and O–H groups in total. The van der Waals surface area contributed by atoms with Crippen molar-refractivity contribution < 1.29 is 0 Å². The van der Waals surface area contributed by atoms with Crippen LogP contribution in [0.15, 0.2) is 133 Å².